The fourth-order valence-corrected chi connectivity index (χ4v) is 3.45. The third kappa shape index (κ3) is 3.80. The number of carbonyl (C=O) groups is 2. The summed E-state index contributed by atoms with van der Waals surface area (Å²) in [5.41, 5.74) is 2.67. The van der Waals surface area contributed by atoms with Gasteiger partial charge < -0.3 is 20.5 Å². The molecule has 0 spiro atoms. The summed E-state index contributed by atoms with van der Waals surface area (Å²) in [6.07, 6.45) is 0.324. The van der Waals surface area contributed by atoms with Crippen molar-refractivity contribution in [2.75, 3.05) is 20.2 Å². The first-order chi connectivity index (χ1) is 13.1. The number of ether oxygens (including phenoxy) is 1. The Balaban J connectivity index is 2.06. The molecule has 2 atom stereocenters. The fraction of sp³-hybridized carbons (Fsp3) is 0.333. The van der Waals surface area contributed by atoms with E-state index < -0.39 is 0 Å². The quantitative estimate of drug-likeness (QED) is 0.681. The molecule has 0 saturated carbocycles. The molecule has 0 fully saturated rings. The summed E-state index contributed by atoms with van der Waals surface area (Å²) in [7, 11) is 1.55. The summed E-state index contributed by atoms with van der Waals surface area (Å²) in [5, 5.41) is 14.3. The standard InChI is InChI=1S/C21H24N2O4/c1-13-18(14-7-4-3-5-8-14)16-11-15(20(25)23-9-6-10-24)12-17(19(16)27-13)21(26)22-2/h3-5,7-8,11-13,18,24H,6,9-10H2,1-2H3,(H,22,26)(H,23,25)/t13-,18+/m1/s1. The van der Waals surface area contributed by atoms with Crippen LogP contribution < -0.4 is 15.4 Å². The highest BCUT2D eigenvalue weighted by molar-refractivity contribution is 6.02. The second kappa shape index (κ2) is 8.22. The van der Waals surface area contributed by atoms with Crippen LogP contribution in [0.1, 0.15) is 51.1 Å². The molecule has 2 amide bonds. The summed E-state index contributed by atoms with van der Waals surface area (Å²) in [4.78, 5) is 24.9. The lowest BCUT2D eigenvalue weighted by molar-refractivity contribution is 0.0951. The maximum Gasteiger partial charge on any atom is 0.254 e. The lowest BCUT2D eigenvalue weighted by Gasteiger charge is -2.15. The topological polar surface area (TPSA) is 87.7 Å². The van der Waals surface area contributed by atoms with Crippen molar-refractivity contribution in [2.24, 2.45) is 0 Å². The van der Waals surface area contributed by atoms with Crippen LogP contribution >= 0.6 is 0 Å². The van der Waals surface area contributed by atoms with Gasteiger partial charge in [0.15, 0.2) is 0 Å². The Hall–Kier alpha value is -2.86. The highest BCUT2D eigenvalue weighted by Gasteiger charge is 2.36. The molecule has 0 saturated heterocycles. The van der Waals surface area contributed by atoms with Gasteiger partial charge in [-0.25, -0.2) is 0 Å². The number of benzene rings is 2. The number of amides is 2. The Bertz CT molecular complexity index is 836. The van der Waals surface area contributed by atoms with E-state index in [0.29, 0.717) is 29.8 Å². The smallest absolute Gasteiger partial charge is 0.254 e. The molecule has 3 rings (SSSR count). The van der Waals surface area contributed by atoms with Crippen LogP contribution in [0, 0.1) is 0 Å². The highest BCUT2D eigenvalue weighted by Crippen LogP contribution is 2.44. The minimum atomic E-state index is -0.294. The molecule has 0 aliphatic carbocycles. The molecule has 0 radical (unpaired) electrons. The van der Waals surface area contributed by atoms with E-state index >= 15 is 0 Å². The molecule has 0 bridgehead atoms. The van der Waals surface area contributed by atoms with E-state index in [4.69, 9.17) is 9.84 Å². The van der Waals surface area contributed by atoms with Gasteiger partial charge in [-0.2, -0.15) is 0 Å². The molecule has 2 aromatic carbocycles. The van der Waals surface area contributed by atoms with Crippen molar-refractivity contribution in [2.45, 2.75) is 25.4 Å². The van der Waals surface area contributed by atoms with Gasteiger partial charge in [0.2, 0.25) is 0 Å². The van der Waals surface area contributed by atoms with Crippen molar-refractivity contribution in [3.8, 4) is 5.75 Å². The van der Waals surface area contributed by atoms with Crippen LogP contribution in [0.15, 0.2) is 42.5 Å². The third-order valence-corrected chi connectivity index (χ3v) is 4.74. The van der Waals surface area contributed by atoms with E-state index in [2.05, 4.69) is 10.6 Å². The Labute approximate surface area is 158 Å². The maximum absolute atomic E-state index is 12.5. The van der Waals surface area contributed by atoms with Crippen molar-refractivity contribution in [3.05, 3.63) is 64.7 Å². The zero-order chi connectivity index (χ0) is 19.4. The van der Waals surface area contributed by atoms with Crippen molar-refractivity contribution in [1.29, 1.82) is 0 Å². The van der Waals surface area contributed by atoms with E-state index in [-0.39, 0.29) is 30.4 Å². The molecule has 27 heavy (non-hydrogen) atoms. The minimum Gasteiger partial charge on any atom is -0.489 e. The van der Waals surface area contributed by atoms with E-state index in [9.17, 15) is 9.59 Å². The van der Waals surface area contributed by atoms with E-state index in [0.717, 1.165) is 11.1 Å². The third-order valence-electron chi connectivity index (χ3n) is 4.74. The molecular formula is C21H24N2O4. The largest absolute Gasteiger partial charge is 0.489 e. The van der Waals surface area contributed by atoms with Gasteiger partial charge in [-0.3, -0.25) is 9.59 Å². The van der Waals surface area contributed by atoms with Gasteiger partial charge in [0, 0.05) is 37.2 Å². The van der Waals surface area contributed by atoms with Gasteiger partial charge in [0.25, 0.3) is 11.8 Å². The lowest BCUT2D eigenvalue weighted by Crippen LogP contribution is -2.26. The first-order valence-corrected chi connectivity index (χ1v) is 9.07. The number of hydrogen-bond donors (Lipinski definition) is 3. The molecule has 0 unspecified atom stereocenters. The molecule has 1 heterocycles. The molecule has 6 heteroatoms. The molecule has 142 valence electrons. The zero-order valence-electron chi connectivity index (χ0n) is 15.5. The first kappa shape index (κ1) is 18.9. The van der Waals surface area contributed by atoms with Gasteiger partial charge in [0.05, 0.1) is 5.56 Å². The van der Waals surface area contributed by atoms with Crippen LogP contribution in [0.4, 0.5) is 0 Å². The molecule has 6 nitrogen and oxygen atoms in total. The summed E-state index contributed by atoms with van der Waals surface area (Å²) in [6.45, 7) is 2.35. The fourth-order valence-electron chi connectivity index (χ4n) is 3.45. The molecular weight excluding hydrogens is 344 g/mol. The summed E-state index contributed by atoms with van der Waals surface area (Å²) in [5.74, 6) is -0.0997. The maximum atomic E-state index is 12.5. The molecule has 1 aliphatic heterocycles. The van der Waals surface area contributed by atoms with E-state index in [1.165, 1.54) is 0 Å². The molecule has 1 aliphatic rings. The van der Waals surface area contributed by atoms with Crippen LogP contribution in [0.3, 0.4) is 0 Å². The van der Waals surface area contributed by atoms with Crippen molar-refractivity contribution >= 4 is 11.8 Å². The number of aliphatic hydroxyl groups is 1. The zero-order valence-corrected chi connectivity index (χ0v) is 15.5. The average Bonchev–Trinajstić information content (AvgIpc) is 3.03. The lowest BCUT2D eigenvalue weighted by atomic mass is 9.87. The van der Waals surface area contributed by atoms with Crippen LogP contribution in [0.5, 0.6) is 5.75 Å². The number of carbonyl (C=O) groups excluding carboxylic acids is 2. The average molecular weight is 368 g/mol. The number of aliphatic hydroxyl groups excluding tert-OH is 1. The Morgan fingerprint density at radius 2 is 1.89 bits per heavy atom. The van der Waals surface area contributed by atoms with Crippen molar-refractivity contribution in [1.82, 2.24) is 10.6 Å². The van der Waals surface area contributed by atoms with Crippen LogP contribution in [-0.4, -0.2) is 43.2 Å². The Morgan fingerprint density at radius 1 is 1.15 bits per heavy atom. The van der Waals surface area contributed by atoms with Crippen molar-refractivity contribution < 1.29 is 19.4 Å². The van der Waals surface area contributed by atoms with Crippen LogP contribution in [0.25, 0.3) is 0 Å². The SMILES string of the molecule is CNC(=O)c1cc(C(=O)NCCCO)cc2c1O[C@H](C)[C@H]2c1ccccc1. The summed E-state index contributed by atoms with van der Waals surface area (Å²) >= 11 is 0. The normalized spacial score (nSPS) is 17.7. The molecule has 2 aromatic rings. The predicted molar refractivity (Wildman–Crippen MR) is 102 cm³/mol. The number of rotatable bonds is 6. The number of fused-ring (bicyclic) bond motifs is 1. The number of nitrogens with one attached hydrogen (secondary N) is 2. The molecule has 3 N–H and O–H groups in total. The monoisotopic (exact) mass is 368 g/mol. The van der Waals surface area contributed by atoms with Crippen molar-refractivity contribution in [3.63, 3.8) is 0 Å². The first-order valence-electron chi connectivity index (χ1n) is 9.07. The van der Waals surface area contributed by atoms with Gasteiger partial charge in [-0.1, -0.05) is 30.3 Å². The second-order valence-electron chi connectivity index (χ2n) is 6.57. The van der Waals surface area contributed by atoms with Crippen LogP contribution in [0.2, 0.25) is 0 Å². The highest BCUT2D eigenvalue weighted by atomic mass is 16.5. The van der Waals surface area contributed by atoms with Crippen LogP contribution in [-0.2, 0) is 0 Å². The van der Waals surface area contributed by atoms with Gasteiger partial charge in [-0.15, -0.1) is 0 Å². The Kier molecular flexibility index (Phi) is 5.76. The number of hydrogen-bond acceptors (Lipinski definition) is 4. The van der Waals surface area contributed by atoms with Gasteiger partial charge in [0.1, 0.15) is 11.9 Å². The Morgan fingerprint density at radius 3 is 2.56 bits per heavy atom. The second-order valence-corrected chi connectivity index (χ2v) is 6.57. The minimum absolute atomic E-state index is 0.00932. The van der Waals surface area contributed by atoms with E-state index in [1.807, 2.05) is 37.3 Å². The summed E-state index contributed by atoms with van der Waals surface area (Å²) < 4.78 is 6.04. The van der Waals surface area contributed by atoms with Gasteiger partial charge in [-0.05, 0) is 31.0 Å². The van der Waals surface area contributed by atoms with Gasteiger partial charge >= 0.3 is 0 Å². The van der Waals surface area contributed by atoms with E-state index in [1.54, 1.807) is 19.2 Å². The predicted octanol–water partition coefficient (Wildman–Crippen LogP) is 2.07. The summed E-state index contributed by atoms with van der Waals surface area (Å²) in [6, 6.07) is 13.3. The molecule has 0 aromatic heterocycles.